The SMILES string of the molecule is CCCCCCCCCCCCCCOC(=O)c1ccc(NC=C2C(=O)CC(C)(C)CC2=O)cc1. The average molecular weight is 484 g/mol. The molecule has 0 amide bonds. The minimum absolute atomic E-state index is 0.128. The van der Waals surface area contributed by atoms with Crippen molar-refractivity contribution in [1.29, 1.82) is 0 Å². The minimum Gasteiger partial charge on any atom is -0.462 e. The number of Topliss-reactive ketones (excluding diaryl/α,β-unsaturated/α-hetero) is 2. The van der Waals surface area contributed by atoms with Gasteiger partial charge in [0.15, 0.2) is 11.6 Å². The third-order valence-electron chi connectivity index (χ3n) is 6.61. The number of allylic oxidation sites excluding steroid dienone is 1. The highest BCUT2D eigenvalue weighted by Gasteiger charge is 2.35. The Morgan fingerprint density at radius 1 is 0.829 bits per heavy atom. The van der Waals surface area contributed by atoms with E-state index in [1.807, 2.05) is 13.8 Å². The van der Waals surface area contributed by atoms with Gasteiger partial charge in [-0.15, -0.1) is 0 Å². The molecule has 5 heteroatoms. The molecule has 1 aliphatic carbocycles. The molecule has 0 unspecified atom stereocenters. The molecule has 1 N–H and O–H groups in total. The molecule has 0 bridgehead atoms. The molecule has 1 aliphatic rings. The van der Waals surface area contributed by atoms with Gasteiger partial charge >= 0.3 is 5.97 Å². The Hall–Kier alpha value is -2.43. The summed E-state index contributed by atoms with van der Waals surface area (Å²) in [5, 5.41) is 3.01. The van der Waals surface area contributed by atoms with E-state index in [-0.39, 0.29) is 28.5 Å². The summed E-state index contributed by atoms with van der Waals surface area (Å²) in [6, 6.07) is 6.89. The van der Waals surface area contributed by atoms with Gasteiger partial charge in [-0.1, -0.05) is 91.4 Å². The van der Waals surface area contributed by atoms with Crippen molar-refractivity contribution in [3.8, 4) is 0 Å². The molecule has 1 saturated carbocycles. The lowest BCUT2D eigenvalue weighted by Gasteiger charge is -2.28. The Morgan fingerprint density at radius 3 is 1.83 bits per heavy atom. The van der Waals surface area contributed by atoms with Crippen molar-refractivity contribution in [3.05, 3.63) is 41.6 Å². The summed E-state index contributed by atoms with van der Waals surface area (Å²) < 4.78 is 5.40. The Labute approximate surface area is 212 Å². The third kappa shape index (κ3) is 11.2. The number of carbonyl (C=O) groups is 3. The van der Waals surface area contributed by atoms with E-state index in [0.717, 1.165) is 12.8 Å². The van der Waals surface area contributed by atoms with Crippen LogP contribution in [0.25, 0.3) is 0 Å². The number of carbonyl (C=O) groups excluding carboxylic acids is 3. The molecule has 35 heavy (non-hydrogen) atoms. The van der Waals surface area contributed by atoms with Crippen LogP contribution in [0, 0.1) is 5.41 Å². The highest BCUT2D eigenvalue weighted by molar-refractivity contribution is 6.22. The number of benzene rings is 1. The van der Waals surface area contributed by atoms with E-state index in [2.05, 4.69) is 12.2 Å². The number of ether oxygens (including phenoxy) is 1. The number of hydrogen-bond acceptors (Lipinski definition) is 5. The van der Waals surface area contributed by atoms with Crippen molar-refractivity contribution in [3.63, 3.8) is 0 Å². The predicted octanol–water partition coefficient (Wildman–Crippen LogP) is 7.80. The fourth-order valence-corrected chi connectivity index (χ4v) is 4.49. The van der Waals surface area contributed by atoms with Crippen LogP contribution < -0.4 is 5.32 Å². The monoisotopic (exact) mass is 483 g/mol. The molecule has 194 valence electrons. The molecular weight excluding hydrogens is 438 g/mol. The lowest BCUT2D eigenvalue weighted by Crippen LogP contribution is -2.31. The van der Waals surface area contributed by atoms with Crippen LogP contribution in [0.2, 0.25) is 0 Å². The Bertz CT molecular complexity index is 816. The van der Waals surface area contributed by atoms with Crippen LogP contribution in [0.1, 0.15) is 121 Å². The van der Waals surface area contributed by atoms with Gasteiger partial charge in [0.25, 0.3) is 0 Å². The van der Waals surface area contributed by atoms with Crippen molar-refractivity contribution in [2.24, 2.45) is 5.41 Å². The number of anilines is 1. The fourth-order valence-electron chi connectivity index (χ4n) is 4.49. The number of esters is 1. The van der Waals surface area contributed by atoms with Crippen molar-refractivity contribution < 1.29 is 19.1 Å². The van der Waals surface area contributed by atoms with Crippen molar-refractivity contribution in [1.82, 2.24) is 0 Å². The largest absolute Gasteiger partial charge is 0.462 e. The summed E-state index contributed by atoms with van der Waals surface area (Å²) in [5.74, 6) is -0.577. The Morgan fingerprint density at radius 2 is 1.31 bits per heavy atom. The standard InChI is InChI=1S/C30H45NO4/c1-4-5-6-7-8-9-10-11-12-13-14-15-20-35-29(34)24-16-18-25(19-17-24)31-23-26-27(32)21-30(2,3)22-28(26)33/h16-19,23,31H,4-15,20-22H2,1-3H3. The summed E-state index contributed by atoms with van der Waals surface area (Å²) in [6.07, 6.45) is 17.5. The van der Waals surface area contributed by atoms with Crippen molar-refractivity contribution >= 4 is 23.2 Å². The van der Waals surface area contributed by atoms with Gasteiger partial charge in [-0.2, -0.15) is 0 Å². The molecule has 5 nitrogen and oxygen atoms in total. The zero-order chi connectivity index (χ0) is 25.5. The van der Waals surface area contributed by atoms with Gasteiger partial charge in [0, 0.05) is 24.7 Å². The molecule has 2 rings (SSSR count). The number of ketones is 2. The van der Waals surface area contributed by atoms with E-state index in [9.17, 15) is 14.4 Å². The molecule has 0 aliphatic heterocycles. The van der Waals surface area contributed by atoms with Crippen LogP contribution in [0.5, 0.6) is 0 Å². The number of nitrogens with one attached hydrogen (secondary N) is 1. The average Bonchev–Trinajstić information content (AvgIpc) is 2.81. The molecule has 0 spiro atoms. The van der Waals surface area contributed by atoms with Gasteiger partial charge in [-0.05, 0) is 36.1 Å². The van der Waals surface area contributed by atoms with Crippen molar-refractivity contribution in [2.45, 2.75) is 111 Å². The molecule has 1 aromatic carbocycles. The molecule has 1 fully saturated rings. The summed E-state index contributed by atoms with van der Waals surface area (Å²) in [7, 11) is 0. The topological polar surface area (TPSA) is 72.5 Å². The van der Waals surface area contributed by atoms with Gasteiger partial charge in [-0.25, -0.2) is 4.79 Å². The third-order valence-corrected chi connectivity index (χ3v) is 6.61. The Balaban J connectivity index is 1.58. The van der Waals surface area contributed by atoms with E-state index in [1.54, 1.807) is 24.3 Å². The van der Waals surface area contributed by atoms with Crippen LogP contribution >= 0.6 is 0 Å². The van der Waals surface area contributed by atoms with E-state index >= 15 is 0 Å². The fraction of sp³-hybridized carbons (Fsp3) is 0.633. The molecule has 1 aromatic rings. The quantitative estimate of drug-likeness (QED) is 0.112. The molecular formula is C30H45NO4. The highest BCUT2D eigenvalue weighted by Crippen LogP contribution is 2.33. The summed E-state index contributed by atoms with van der Waals surface area (Å²) in [5.41, 5.74) is 1.14. The summed E-state index contributed by atoms with van der Waals surface area (Å²) >= 11 is 0. The van der Waals surface area contributed by atoms with Crippen LogP contribution in [-0.4, -0.2) is 24.1 Å². The molecule has 0 aromatic heterocycles. The predicted molar refractivity (Wildman–Crippen MR) is 143 cm³/mol. The summed E-state index contributed by atoms with van der Waals surface area (Å²) in [6.45, 7) is 6.57. The lowest BCUT2D eigenvalue weighted by atomic mass is 9.74. The van der Waals surface area contributed by atoms with Crippen LogP contribution in [0.3, 0.4) is 0 Å². The molecule has 0 saturated heterocycles. The van der Waals surface area contributed by atoms with E-state index in [4.69, 9.17) is 4.74 Å². The minimum atomic E-state index is -0.321. The highest BCUT2D eigenvalue weighted by atomic mass is 16.5. The zero-order valence-electron chi connectivity index (χ0n) is 22.1. The summed E-state index contributed by atoms with van der Waals surface area (Å²) in [4.78, 5) is 36.8. The molecule has 0 atom stereocenters. The second kappa shape index (κ2) is 15.5. The number of unbranched alkanes of at least 4 members (excludes halogenated alkanes) is 11. The number of rotatable bonds is 16. The zero-order valence-corrected chi connectivity index (χ0v) is 22.1. The first kappa shape index (κ1) is 28.8. The van der Waals surface area contributed by atoms with Crippen LogP contribution in [0.4, 0.5) is 5.69 Å². The maximum atomic E-state index is 12.3. The second-order valence-corrected chi connectivity index (χ2v) is 10.7. The maximum absolute atomic E-state index is 12.3. The van der Waals surface area contributed by atoms with Crippen LogP contribution in [-0.2, 0) is 14.3 Å². The van der Waals surface area contributed by atoms with E-state index in [1.165, 1.54) is 70.4 Å². The van der Waals surface area contributed by atoms with Crippen LogP contribution in [0.15, 0.2) is 36.0 Å². The maximum Gasteiger partial charge on any atom is 0.338 e. The first-order chi connectivity index (χ1) is 16.8. The smallest absolute Gasteiger partial charge is 0.338 e. The number of hydrogen-bond donors (Lipinski definition) is 1. The Kier molecular flexibility index (Phi) is 12.8. The first-order valence-corrected chi connectivity index (χ1v) is 13.6. The van der Waals surface area contributed by atoms with E-state index < -0.39 is 0 Å². The van der Waals surface area contributed by atoms with Gasteiger partial charge in [0.05, 0.1) is 17.7 Å². The van der Waals surface area contributed by atoms with Gasteiger partial charge in [0.1, 0.15) is 0 Å². The first-order valence-electron chi connectivity index (χ1n) is 13.6. The normalized spacial score (nSPS) is 15.2. The van der Waals surface area contributed by atoms with Gasteiger partial charge in [-0.3, -0.25) is 9.59 Å². The molecule has 0 heterocycles. The molecule has 0 radical (unpaired) electrons. The van der Waals surface area contributed by atoms with Crippen molar-refractivity contribution in [2.75, 3.05) is 11.9 Å². The lowest BCUT2D eigenvalue weighted by molar-refractivity contribution is -0.127. The van der Waals surface area contributed by atoms with E-state index in [0.29, 0.717) is 30.7 Å². The second-order valence-electron chi connectivity index (χ2n) is 10.7. The van der Waals surface area contributed by atoms with Gasteiger partial charge in [0.2, 0.25) is 0 Å². The van der Waals surface area contributed by atoms with Gasteiger partial charge < -0.3 is 10.1 Å².